The first kappa shape index (κ1) is 50.8. The molecule has 0 bridgehead atoms. The number of rotatable bonds is 16. The molecule has 0 amide bonds. The second-order valence-corrected chi connectivity index (χ2v) is 20.5. The monoisotopic (exact) mass is 1040 g/mol. The van der Waals surface area contributed by atoms with Crippen LogP contribution in [0.1, 0.15) is 21.5 Å². The van der Waals surface area contributed by atoms with Gasteiger partial charge in [-0.15, -0.1) is 0 Å². The highest BCUT2D eigenvalue weighted by molar-refractivity contribution is 7.92. The van der Waals surface area contributed by atoms with E-state index in [-0.39, 0.29) is 33.9 Å². The highest BCUT2D eigenvalue weighted by Crippen LogP contribution is 2.41. The zero-order valence-electron chi connectivity index (χ0n) is 34.1. The van der Waals surface area contributed by atoms with Gasteiger partial charge in [0.15, 0.2) is 34.8 Å². The number of carbonyl (C=O) groups excluding carboxylic acids is 1. The highest BCUT2D eigenvalue weighted by atomic mass is 32.2. The van der Waals surface area contributed by atoms with E-state index >= 15 is 17.6 Å². The molecular formula is C41H26F8O15S4. The quantitative estimate of drug-likeness (QED) is 0.0319. The molecule has 27 heteroatoms. The van der Waals surface area contributed by atoms with Crippen molar-refractivity contribution in [2.75, 3.05) is 21.3 Å². The van der Waals surface area contributed by atoms with E-state index in [0.29, 0.717) is 7.11 Å². The van der Waals surface area contributed by atoms with Crippen LogP contribution >= 0.6 is 0 Å². The van der Waals surface area contributed by atoms with Crippen molar-refractivity contribution in [3.05, 3.63) is 148 Å². The number of hydrogen-bond donors (Lipinski definition) is 1. The standard InChI is InChI=1S/C41H26F8O15S4/c1-60-27-15-5-20(17-28(27)68(58,59)62-3)37(50)19-4-14-26(21(16-19)18-65(51,52)53)63-22-6-10-24(11-7-22)66(54,55)25-12-8-23(9-13-25)64-39-31(44)35(48)41(36(49)32(39)45)67(56,57)40-33(46)29(42)38(61-2)30(43)34(40)47/h4-17H,18H2,1-3H3,(H,51,52,53). The van der Waals surface area contributed by atoms with Crippen LogP contribution in [0.5, 0.6) is 34.5 Å². The summed E-state index contributed by atoms with van der Waals surface area (Å²) < 4.78 is 254. The van der Waals surface area contributed by atoms with E-state index in [0.717, 1.165) is 73.8 Å². The molecule has 0 saturated heterocycles. The van der Waals surface area contributed by atoms with Gasteiger partial charge in [-0.1, -0.05) is 0 Å². The van der Waals surface area contributed by atoms with Crippen LogP contribution in [0.25, 0.3) is 0 Å². The average Bonchev–Trinajstić information content (AvgIpc) is 3.29. The lowest BCUT2D eigenvalue weighted by Crippen LogP contribution is -2.17. The van der Waals surface area contributed by atoms with Gasteiger partial charge in [0.05, 0.1) is 31.1 Å². The van der Waals surface area contributed by atoms with Crippen molar-refractivity contribution in [3.63, 3.8) is 0 Å². The lowest BCUT2D eigenvalue weighted by Gasteiger charge is -2.15. The van der Waals surface area contributed by atoms with E-state index in [1.807, 2.05) is 0 Å². The fourth-order valence-electron chi connectivity index (χ4n) is 6.18. The Morgan fingerprint density at radius 3 is 1.35 bits per heavy atom. The Bertz CT molecular complexity index is 3440. The van der Waals surface area contributed by atoms with Crippen molar-refractivity contribution in [2.24, 2.45) is 0 Å². The summed E-state index contributed by atoms with van der Waals surface area (Å²) in [6, 6.07) is 14.1. The van der Waals surface area contributed by atoms with Gasteiger partial charge < -0.3 is 18.9 Å². The number of hydrogen-bond acceptors (Lipinski definition) is 14. The third-order valence-corrected chi connectivity index (χ3v) is 14.9. The van der Waals surface area contributed by atoms with Crippen LogP contribution in [0, 0.1) is 46.5 Å². The Morgan fingerprint density at radius 2 is 0.926 bits per heavy atom. The van der Waals surface area contributed by atoms with E-state index in [2.05, 4.69) is 8.92 Å². The number of methoxy groups -OCH3 is 2. The Kier molecular flexibility index (Phi) is 14.0. The van der Waals surface area contributed by atoms with Gasteiger partial charge in [-0.25, -0.2) is 34.4 Å². The SMILES string of the molecule is COc1ccc(C(=O)c2ccc(Oc3ccc(S(=O)(=O)c4ccc(Oc5c(F)c(F)c(S(=O)(=O)c6c(F)c(F)c(OC)c(F)c6F)c(F)c5F)cc4)cc3)c(CS(=O)(=O)O)c2)cc1S(=O)(=O)OC. The lowest BCUT2D eigenvalue weighted by molar-refractivity contribution is 0.103. The van der Waals surface area contributed by atoms with E-state index in [4.69, 9.17) is 14.2 Å². The molecule has 0 aromatic heterocycles. The first-order valence-electron chi connectivity index (χ1n) is 18.1. The third kappa shape index (κ3) is 9.56. The Morgan fingerprint density at radius 1 is 0.500 bits per heavy atom. The summed E-state index contributed by atoms with van der Waals surface area (Å²) in [6.45, 7) is 0. The summed E-state index contributed by atoms with van der Waals surface area (Å²) in [5.41, 5.74) is -0.640. The van der Waals surface area contributed by atoms with Crippen LogP contribution in [0.2, 0.25) is 0 Å². The van der Waals surface area contributed by atoms with Gasteiger partial charge in [0.25, 0.3) is 20.2 Å². The van der Waals surface area contributed by atoms with Crippen LogP contribution in [-0.2, 0) is 49.8 Å². The molecule has 0 aliphatic heterocycles. The summed E-state index contributed by atoms with van der Waals surface area (Å²) in [5.74, 6) is -28.2. The minimum atomic E-state index is -6.47. The molecule has 0 spiro atoms. The van der Waals surface area contributed by atoms with Crippen molar-refractivity contribution in [3.8, 4) is 34.5 Å². The van der Waals surface area contributed by atoms with Crippen LogP contribution in [0.3, 0.4) is 0 Å². The summed E-state index contributed by atoms with van der Waals surface area (Å²) in [6.07, 6.45) is 0. The molecule has 68 heavy (non-hydrogen) atoms. The van der Waals surface area contributed by atoms with Gasteiger partial charge in [0.2, 0.25) is 48.7 Å². The van der Waals surface area contributed by atoms with Crippen molar-refractivity contribution >= 4 is 45.7 Å². The summed E-state index contributed by atoms with van der Waals surface area (Å²) in [7, 11) is -17.5. The highest BCUT2D eigenvalue weighted by Gasteiger charge is 2.41. The smallest absolute Gasteiger partial charge is 0.300 e. The topological polar surface area (TPSA) is 220 Å². The van der Waals surface area contributed by atoms with Gasteiger partial charge in [0, 0.05) is 16.7 Å². The molecule has 1 N–H and O–H groups in total. The average molecular weight is 1040 g/mol. The molecule has 0 saturated carbocycles. The second kappa shape index (κ2) is 18.8. The molecule has 360 valence electrons. The minimum absolute atomic E-state index is 0.117. The van der Waals surface area contributed by atoms with Crippen molar-refractivity contribution in [1.82, 2.24) is 0 Å². The molecule has 6 aromatic carbocycles. The summed E-state index contributed by atoms with van der Waals surface area (Å²) in [4.78, 5) is 6.63. The van der Waals surface area contributed by atoms with Gasteiger partial charge in [-0.05, 0) is 84.9 Å². The first-order valence-corrected chi connectivity index (χ1v) is 24.1. The largest absolute Gasteiger partial charge is 0.495 e. The molecule has 0 unspecified atom stereocenters. The van der Waals surface area contributed by atoms with Gasteiger partial charge in [-0.3, -0.25) is 13.5 Å². The van der Waals surface area contributed by atoms with Crippen LogP contribution in [0.4, 0.5) is 35.1 Å². The van der Waals surface area contributed by atoms with E-state index in [1.165, 1.54) is 25.3 Å². The molecule has 0 heterocycles. The van der Waals surface area contributed by atoms with Crippen molar-refractivity contribution < 1.29 is 101 Å². The number of sulfone groups is 2. The Hall–Kier alpha value is -6.65. The number of ether oxygens (including phenoxy) is 4. The van der Waals surface area contributed by atoms with E-state index < -0.39 is 140 Å². The van der Waals surface area contributed by atoms with Crippen molar-refractivity contribution in [2.45, 2.75) is 30.2 Å². The minimum Gasteiger partial charge on any atom is -0.495 e. The molecule has 6 rings (SSSR count). The Balaban J connectivity index is 1.23. The second-order valence-electron chi connectivity index (χ2n) is 13.6. The predicted octanol–water partition coefficient (Wildman–Crippen LogP) is 8.02. The lowest BCUT2D eigenvalue weighted by atomic mass is 10.0. The van der Waals surface area contributed by atoms with Gasteiger partial charge >= 0.3 is 0 Å². The number of benzene rings is 6. The van der Waals surface area contributed by atoms with Crippen LogP contribution < -0.4 is 18.9 Å². The fourth-order valence-corrected chi connectivity index (χ4v) is 10.4. The zero-order valence-corrected chi connectivity index (χ0v) is 37.4. The van der Waals surface area contributed by atoms with Gasteiger partial charge in [-0.2, -0.15) is 34.4 Å². The molecule has 0 aliphatic carbocycles. The normalized spacial score (nSPS) is 12.2. The Labute approximate surface area is 379 Å². The molecule has 0 radical (unpaired) electrons. The predicted molar refractivity (Wildman–Crippen MR) is 215 cm³/mol. The van der Waals surface area contributed by atoms with Crippen molar-refractivity contribution in [1.29, 1.82) is 0 Å². The summed E-state index contributed by atoms with van der Waals surface area (Å²) >= 11 is 0. The number of halogens is 8. The maximum absolute atomic E-state index is 15.2. The molecule has 6 aromatic rings. The van der Waals surface area contributed by atoms with Crippen LogP contribution in [-0.4, -0.2) is 65.3 Å². The molecule has 0 fully saturated rings. The van der Waals surface area contributed by atoms with Crippen LogP contribution in [0.15, 0.2) is 109 Å². The third-order valence-electron chi connectivity index (χ3n) is 9.40. The van der Waals surface area contributed by atoms with E-state index in [1.54, 1.807) is 0 Å². The summed E-state index contributed by atoms with van der Waals surface area (Å²) in [5, 5.41) is 0. The molecule has 0 atom stereocenters. The number of ketones is 1. The maximum Gasteiger partial charge on any atom is 0.300 e. The van der Waals surface area contributed by atoms with Gasteiger partial charge in [0.1, 0.15) is 43.4 Å². The molecule has 15 nitrogen and oxygen atoms in total. The number of carbonyl (C=O) groups is 1. The molecule has 0 aliphatic rings. The maximum atomic E-state index is 15.2. The fraction of sp³-hybridized carbons (Fsp3) is 0.0976. The first-order chi connectivity index (χ1) is 31.7. The van der Waals surface area contributed by atoms with E-state index in [9.17, 15) is 60.6 Å². The zero-order chi connectivity index (χ0) is 50.4. The molecular weight excluding hydrogens is 1010 g/mol.